The molecule has 2 unspecified atom stereocenters. The van der Waals surface area contributed by atoms with Gasteiger partial charge in [-0.15, -0.1) is 0 Å². The lowest BCUT2D eigenvalue weighted by Gasteiger charge is -2.20. The lowest BCUT2D eigenvalue weighted by atomic mass is 9.98. The minimum atomic E-state index is -1.09. The van der Waals surface area contributed by atoms with Crippen LogP contribution in [0.2, 0.25) is 0 Å². The molecule has 1 amide bonds. The number of aryl methyl sites for hydroxylation is 2. The molecule has 0 aliphatic heterocycles. The third-order valence-electron chi connectivity index (χ3n) is 5.01. The SMILES string of the molecule is CCC(C)C(NC(=O)Cc1c(C)c2ccc(OC)c(C)c2oc1=O)C(=O)O. The number of carbonyl (C=O) groups is 2. The third-order valence-corrected chi connectivity index (χ3v) is 5.01. The van der Waals surface area contributed by atoms with Gasteiger partial charge in [-0.2, -0.15) is 0 Å². The molecule has 0 saturated carbocycles. The molecule has 146 valence electrons. The number of hydrogen-bond donors (Lipinski definition) is 2. The van der Waals surface area contributed by atoms with E-state index >= 15 is 0 Å². The first-order valence-corrected chi connectivity index (χ1v) is 8.83. The molecule has 0 bridgehead atoms. The van der Waals surface area contributed by atoms with Crippen LogP contribution in [-0.2, 0) is 16.0 Å². The summed E-state index contributed by atoms with van der Waals surface area (Å²) in [4.78, 5) is 36.2. The molecule has 2 atom stereocenters. The summed E-state index contributed by atoms with van der Waals surface area (Å²) in [6.07, 6.45) is 0.366. The minimum absolute atomic E-state index is 0.220. The molecule has 27 heavy (non-hydrogen) atoms. The number of aliphatic carboxylic acids is 1. The van der Waals surface area contributed by atoms with Crippen molar-refractivity contribution < 1.29 is 23.8 Å². The molecule has 0 fully saturated rings. The van der Waals surface area contributed by atoms with Gasteiger partial charge in [-0.3, -0.25) is 4.79 Å². The van der Waals surface area contributed by atoms with Gasteiger partial charge in [0.25, 0.3) is 0 Å². The van der Waals surface area contributed by atoms with Crippen molar-refractivity contribution in [3.8, 4) is 5.75 Å². The van der Waals surface area contributed by atoms with E-state index in [0.717, 1.165) is 0 Å². The molecule has 1 aromatic heterocycles. The topological polar surface area (TPSA) is 106 Å². The number of methoxy groups -OCH3 is 1. The Hall–Kier alpha value is -2.83. The van der Waals surface area contributed by atoms with Gasteiger partial charge in [0.2, 0.25) is 5.91 Å². The fraction of sp³-hybridized carbons (Fsp3) is 0.450. The van der Waals surface area contributed by atoms with Crippen LogP contribution < -0.4 is 15.7 Å². The van der Waals surface area contributed by atoms with Crippen LogP contribution in [0.3, 0.4) is 0 Å². The van der Waals surface area contributed by atoms with Gasteiger partial charge in [0.1, 0.15) is 17.4 Å². The number of hydrogen-bond acceptors (Lipinski definition) is 5. The standard InChI is InChI=1S/C20H25NO6/c1-6-10(2)17(19(23)24)21-16(22)9-14-11(3)13-7-8-15(26-5)12(4)18(13)27-20(14)25/h7-8,10,17H,6,9H2,1-5H3,(H,21,22)(H,23,24). The fourth-order valence-electron chi connectivity index (χ4n) is 3.06. The van der Waals surface area contributed by atoms with Crippen molar-refractivity contribution in [3.63, 3.8) is 0 Å². The van der Waals surface area contributed by atoms with Crippen LogP contribution in [0.4, 0.5) is 0 Å². The second-order valence-electron chi connectivity index (χ2n) is 6.71. The van der Waals surface area contributed by atoms with E-state index in [9.17, 15) is 19.5 Å². The molecular weight excluding hydrogens is 350 g/mol. The average molecular weight is 375 g/mol. The quantitative estimate of drug-likeness (QED) is 0.721. The van der Waals surface area contributed by atoms with Crippen molar-refractivity contribution in [1.29, 1.82) is 0 Å². The number of benzene rings is 1. The van der Waals surface area contributed by atoms with E-state index in [4.69, 9.17) is 9.15 Å². The van der Waals surface area contributed by atoms with Crippen LogP contribution in [0.5, 0.6) is 5.75 Å². The van der Waals surface area contributed by atoms with Crippen LogP contribution in [0.25, 0.3) is 11.0 Å². The number of carboxylic acids is 1. The van der Waals surface area contributed by atoms with E-state index in [-0.39, 0.29) is 17.9 Å². The highest BCUT2D eigenvalue weighted by molar-refractivity contribution is 5.89. The smallest absolute Gasteiger partial charge is 0.340 e. The van der Waals surface area contributed by atoms with Crippen LogP contribution in [0.15, 0.2) is 21.3 Å². The fourth-order valence-corrected chi connectivity index (χ4v) is 3.06. The summed E-state index contributed by atoms with van der Waals surface area (Å²) in [5.74, 6) is -1.24. The summed E-state index contributed by atoms with van der Waals surface area (Å²) < 4.78 is 10.7. The summed E-state index contributed by atoms with van der Waals surface area (Å²) in [7, 11) is 1.54. The maximum atomic E-state index is 12.4. The molecule has 0 radical (unpaired) electrons. The van der Waals surface area contributed by atoms with E-state index < -0.39 is 23.5 Å². The number of amides is 1. The predicted molar refractivity (Wildman–Crippen MR) is 101 cm³/mol. The van der Waals surface area contributed by atoms with Gasteiger partial charge in [0, 0.05) is 10.9 Å². The van der Waals surface area contributed by atoms with Crippen LogP contribution in [-0.4, -0.2) is 30.1 Å². The molecule has 7 nitrogen and oxygen atoms in total. The summed E-state index contributed by atoms with van der Waals surface area (Å²) in [6.45, 7) is 7.15. The van der Waals surface area contributed by atoms with E-state index in [1.165, 1.54) is 7.11 Å². The number of fused-ring (bicyclic) bond motifs is 1. The number of carboxylic acid groups (broad SMARTS) is 1. The second-order valence-corrected chi connectivity index (χ2v) is 6.71. The normalized spacial score (nSPS) is 13.2. The van der Waals surface area contributed by atoms with Crippen molar-refractivity contribution in [2.24, 2.45) is 5.92 Å². The summed E-state index contributed by atoms with van der Waals surface area (Å²) >= 11 is 0. The minimum Gasteiger partial charge on any atom is -0.496 e. The first-order chi connectivity index (χ1) is 12.7. The Labute approximate surface area is 157 Å². The monoisotopic (exact) mass is 375 g/mol. The van der Waals surface area contributed by atoms with Gasteiger partial charge in [0.05, 0.1) is 19.1 Å². The molecule has 0 saturated heterocycles. The largest absolute Gasteiger partial charge is 0.496 e. The van der Waals surface area contributed by atoms with Crippen molar-refractivity contribution in [2.45, 2.75) is 46.6 Å². The lowest BCUT2D eigenvalue weighted by molar-refractivity contribution is -0.143. The van der Waals surface area contributed by atoms with E-state index in [0.29, 0.717) is 34.3 Å². The molecule has 1 heterocycles. The average Bonchev–Trinajstić information content (AvgIpc) is 2.63. The number of ether oxygens (including phenoxy) is 1. The molecular formula is C20H25NO6. The Morgan fingerprint density at radius 1 is 1.26 bits per heavy atom. The Bertz CT molecular complexity index is 930. The Balaban J connectivity index is 2.38. The molecule has 2 rings (SSSR count). The van der Waals surface area contributed by atoms with Crippen molar-refractivity contribution in [3.05, 3.63) is 39.2 Å². The number of carbonyl (C=O) groups excluding carboxylic acids is 1. The van der Waals surface area contributed by atoms with Gasteiger partial charge < -0.3 is 19.6 Å². The molecule has 0 spiro atoms. The highest BCUT2D eigenvalue weighted by Gasteiger charge is 2.26. The molecule has 0 aliphatic rings. The predicted octanol–water partition coefficient (Wildman–Crippen LogP) is 2.58. The van der Waals surface area contributed by atoms with Crippen molar-refractivity contribution >= 4 is 22.8 Å². The maximum absolute atomic E-state index is 12.4. The highest BCUT2D eigenvalue weighted by atomic mass is 16.5. The molecule has 1 aromatic carbocycles. The second kappa shape index (κ2) is 8.24. The lowest BCUT2D eigenvalue weighted by Crippen LogP contribution is -2.45. The van der Waals surface area contributed by atoms with Gasteiger partial charge in [-0.05, 0) is 37.5 Å². The summed E-state index contributed by atoms with van der Waals surface area (Å²) in [5, 5.41) is 12.5. The van der Waals surface area contributed by atoms with Crippen molar-refractivity contribution in [2.75, 3.05) is 7.11 Å². The first-order valence-electron chi connectivity index (χ1n) is 8.83. The zero-order valence-electron chi connectivity index (χ0n) is 16.2. The van der Waals surface area contributed by atoms with E-state index in [1.807, 2.05) is 6.92 Å². The first kappa shape index (κ1) is 20.5. The Morgan fingerprint density at radius 2 is 1.93 bits per heavy atom. The van der Waals surface area contributed by atoms with Gasteiger partial charge >= 0.3 is 11.6 Å². The van der Waals surface area contributed by atoms with E-state index in [2.05, 4.69) is 5.32 Å². The highest BCUT2D eigenvalue weighted by Crippen LogP contribution is 2.29. The van der Waals surface area contributed by atoms with E-state index in [1.54, 1.807) is 32.9 Å². The van der Waals surface area contributed by atoms with Crippen LogP contribution >= 0.6 is 0 Å². The van der Waals surface area contributed by atoms with Gasteiger partial charge in [-0.25, -0.2) is 9.59 Å². The van der Waals surface area contributed by atoms with Crippen LogP contribution in [0, 0.1) is 19.8 Å². The molecule has 2 aromatic rings. The third kappa shape index (κ3) is 4.13. The van der Waals surface area contributed by atoms with Gasteiger partial charge in [0.15, 0.2) is 0 Å². The molecule has 2 N–H and O–H groups in total. The summed E-state index contributed by atoms with van der Waals surface area (Å²) in [5.41, 5.74) is 1.37. The Morgan fingerprint density at radius 3 is 2.48 bits per heavy atom. The number of rotatable bonds is 7. The van der Waals surface area contributed by atoms with Gasteiger partial charge in [-0.1, -0.05) is 20.3 Å². The Kier molecular flexibility index (Phi) is 6.25. The zero-order chi connectivity index (χ0) is 20.3. The maximum Gasteiger partial charge on any atom is 0.340 e. The molecule has 7 heteroatoms. The van der Waals surface area contributed by atoms with Crippen LogP contribution in [0.1, 0.15) is 37.0 Å². The van der Waals surface area contributed by atoms with Crippen molar-refractivity contribution in [1.82, 2.24) is 5.32 Å². The summed E-state index contributed by atoms with van der Waals surface area (Å²) in [6, 6.07) is 2.56. The molecule has 0 aliphatic carbocycles. The zero-order valence-corrected chi connectivity index (χ0v) is 16.2. The number of nitrogens with one attached hydrogen (secondary N) is 1.